The highest BCUT2D eigenvalue weighted by Gasteiger charge is 2.19. The number of hydrogen-bond acceptors (Lipinski definition) is 4. The average Bonchev–Trinajstić information content (AvgIpc) is 2.86. The summed E-state index contributed by atoms with van der Waals surface area (Å²) in [7, 11) is -3.50. The fourth-order valence-corrected chi connectivity index (χ4v) is 4.22. The smallest absolute Gasteiger partial charge is 0.241 e. The maximum absolute atomic E-state index is 12.4. The molecule has 0 aliphatic heterocycles. The Morgan fingerprint density at radius 3 is 2.38 bits per heavy atom. The van der Waals surface area contributed by atoms with Crippen LogP contribution in [0.15, 0.2) is 41.3 Å². The Labute approximate surface area is 130 Å². The van der Waals surface area contributed by atoms with Gasteiger partial charge in [-0.2, -0.15) is 0 Å². The van der Waals surface area contributed by atoms with E-state index in [1.165, 1.54) is 4.88 Å². The Morgan fingerprint density at radius 2 is 1.86 bits per heavy atom. The topological polar surface area (TPSA) is 72.2 Å². The number of rotatable bonds is 6. The van der Waals surface area contributed by atoms with Crippen molar-refractivity contribution in [1.82, 2.24) is 4.72 Å². The van der Waals surface area contributed by atoms with Gasteiger partial charge in [-0.1, -0.05) is 12.1 Å². The standard InChI is InChI=1S/C15H20N2O2S2/c1-11-3-8-15(20-11)12(2)17-21(18,19)14-6-4-13(5-7-14)9-10-16/h3-8,12,17H,9-10,16H2,1-2H3. The van der Waals surface area contributed by atoms with Crippen LogP contribution in [0.25, 0.3) is 0 Å². The Bertz CT molecular complexity index is 691. The van der Waals surface area contributed by atoms with Crippen LogP contribution in [-0.4, -0.2) is 15.0 Å². The van der Waals surface area contributed by atoms with Crippen molar-refractivity contribution < 1.29 is 8.42 Å². The van der Waals surface area contributed by atoms with Crippen molar-refractivity contribution in [2.45, 2.75) is 31.2 Å². The van der Waals surface area contributed by atoms with Crippen molar-refractivity contribution in [3.63, 3.8) is 0 Å². The van der Waals surface area contributed by atoms with Gasteiger partial charge in [-0.05, 0) is 56.6 Å². The molecule has 1 atom stereocenters. The molecule has 2 aromatic rings. The first-order valence-corrected chi connectivity index (χ1v) is 9.10. The molecular weight excluding hydrogens is 304 g/mol. The molecule has 0 saturated carbocycles. The third-order valence-corrected chi connectivity index (χ3v) is 5.93. The molecule has 1 unspecified atom stereocenters. The minimum atomic E-state index is -3.50. The van der Waals surface area contributed by atoms with Crippen LogP contribution in [0.4, 0.5) is 0 Å². The fourth-order valence-electron chi connectivity index (χ4n) is 2.05. The Balaban J connectivity index is 2.14. The van der Waals surface area contributed by atoms with Crippen molar-refractivity contribution in [3.05, 3.63) is 51.7 Å². The van der Waals surface area contributed by atoms with E-state index in [9.17, 15) is 8.42 Å². The van der Waals surface area contributed by atoms with E-state index in [1.807, 2.05) is 26.0 Å². The average molecular weight is 324 g/mol. The predicted octanol–water partition coefficient (Wildman–Crippen LogP) is 2.60. The molecule has 0 amide bonds. The second kappa shape index (κ2) is 6.70. The van der Waals surface area contributed by atoms with E-state index >= 15 is 0 Å². The second-order valence-corrected chi connectivity index (χ2v) is 8.01. The van der Waals surface area contributed by atoms with Gasteiger partial charge in [-0.25, -0.2) is 13.1 Å². The van der Waals surface area contributed by atoms with Crippen LogP contribution < -0.4 is 10.5 Å². The summed E-state index contributed by atoms with van der Waals surface area (Å²) in [6, 6.07) is 10.6. The first kappa shape index (κ1) is 16.2. The van der Waals surface area contributed by atoms with Gasteiger partial charge in [-0.15, -0.1) is 11.3 Å². The van der Waals surface area contributed by atoms with Gasteiger partial charge >= 0.3 is 0 Å². The fraction of sp³-hybridized carbons (Fsp3) is 0.333. The highest BCUT2D eigenvalue weighted by Crippen LogP contribution is 2.24. The highest BCUT2D eigenvalue weighted by molar-refractivity contribution is 7.89. The van der Waals surface area contributed by atoms with Gasteiger partial charge in [0, 0.05) is 9.75 Å². The maximum Gasteiger partial charge on any atom is 0.241 e. The molecule has 0 aliphatic rings. The largest absolute Gasteiger partial charge is 0.330 e. The Kier molecular flexibility index (Phi) is 5.16. The molecule has 1 aromatic carbocycles. The molecular formula is C15H20N2O2S2. The zero-order valence-electron chi connectivity index (χ0n) is 12.2. The van der Waals surface area contributed by atoms with Crippen LogP contribution in [0.2, 0.25) is 0 Å². The lowest BCUT2D eigenvalue weighted by Gasteiger charge is -2.13. The van der Waals surface area contributed by atoms with Gasteiger partial charge in [-0.3, -0.25) is 0 Å². The van der Waals surface area contributed by atoms with E-state index < -0.39 is 10.0 Å². The summed E-state index contributed by atoms with van der Waals surface area (Å²) in [6.07, 6.45) is 0.749. The first-order valence-electron chi connectivity index (χ1n) is 6.80. The summed E-state index contributed by atoms with van der Waals surface area (Å²) < 4.78 is 27.4. The minimum Gasteiger partial charge on any atom is -0.330 e. The van der Waals surface area contributed by atoms with E-state index in [0.717, 1.165) is 16.9 Å². The number of nitrogens with two attached hydrogens (primary N) is 1. The monoisotopic (exact) mass is 324 g/mol. The van der Waals surface area contributed by atoms with E-state index in [0.29, 0.717) is 6.54 Å². The number of benzene rings is 1. The zero-order chi connectivity index (χ0) is 15.5. The van der Waals surface area contributed by atoms with Crippen molar-refractivity contribution in [1.29, 1.82) is 0 Å². The summed E-state index contributed by atoms with van der Waals surface area (Å²) in [5.74, 6) is 0. The van der Waals surface area contributed by atoms with Gasteiger partial charge in [0.2, 0.25) is 10.0 Å². The predicted molar refractivity (Wildman–Crippen MR) is 87.0 cm³/mol. The second-order valence-electron chi connectivity index (χ2n) is 4.97. The van der Waals surface area contributed by atoms with Gasteiger partial charge in [0.05, 0.1) is 10.9 Å². The Hall–Kier alpha value is -1.21. The van der Waals surface area contributed by atoms with Gasteiger partial charge in [0.15, 0.2) is 0 Å². The lowest BCUT2D eigenvalue weighted by Crippen LogP contribution is -2.26. The molecule has 21 heavy (non-hydrogen) atoms. The summed E-state index contributed by atoms with van der Waals surface area (Å²) in [5.41, 5.74) is 6.53. The summed E-state index contributed by atoms with van der Waals surface area (Å²) in [4.78, 5) is 2.46. The summed E-state index contributed by atoms with van der Waals surface area (Å²) in [6.45, 7) is 4.41. The van der Waals surface area contributed by atoms with E-state index in [2.05, 4.69) is 4.72 Å². The lowest BCUT2D eigenvalue weighted by molar-refractivity contribution is 0.568. The number of aryl methyl sites for hydroxylation is 1. The SMILES string of the molecule is Cc1ccc(C(C)NS(=O)(=O)c2ccc(CCN)cc2)s1. The molecule has 0 radical (unpaired) electrons. The highest BCUT2D eigenvalue weighted by atomic mass is 32.2. The molecule has 2 rings (SSSR count). The van der Waals surface area contributed by atoms with E-state index in [4.69, 9.17) is 5.73 Å². The van der Waals surface area contributed by atoms with E-state index in [-0.39, 0.29) is 10.9 Å². The third-order valence-electron chi connectivity index (χ3n) is 3.19. The van der Waals surface area contributed by atoms with Crippen LogP contribution in [0, 0.1) is 6.92 Å². The minimum absolute atomic E-state index is 0.239. The van der Waals surface area contributed by atoms with Crippen LogP contribution >= 0.6 is 11.3 Å². The summed E-state index contributed by atoms with van der Waals surface area (Å²) >= 11 is 1.60. The molecule has 114 valence electrons. The lowest BCUT2D eigenvalue weighted by atomic mass is 10.2. The molecule has 0 saturated heterocycles. The number of nitrogens with one attached hydrogen (secondary N) is 1. The van der Waals surface area contributed by atoms with Crippen LogP contribution in [0.3, 0.4) is 0 Å². The molecule has 0 aliphatic carbocycles. The molecule has 6 heteroatoms. The quantitative estimate of drug-likeness (QED) is 0.858. The molecule has 0 bridgehead atoms. The molecule has 1 aromatic heterocycles. The molecule has 4 nitrogen and oxygen atoms in total. The molecule has 1 heterocycles. The normalized spacial score (nSPS) is 13.3. The van der Waals surface area contributed by atoms with Gasteiger partial charge < -0.3 is 5.73 Å². The number of sulfonamides is 1. The van der Waals surface area contributed by atoms with Crippen molar-refractivity contribution in [2.75, 3.05) is 6.54 Å². The van der Waals surface area contributed by atoms with Crippen molar-refractivity contribution >= 4 is 21.4 Å². The van der Waals surface area contributed by atoms with Crippen LogP contribution in [0.1, 0.15) is 28.3 Å². The molecule has 0 fully saturated rings. The number of thiophene rings is 1. The Morgan fingerprint density at radius 1 is 1.19 bits per heavy atom. The van der Waals surface area contributed by atoms with Crippen LogP contribution in [-0.2, 0) is 16.4 Å². The summed E-state index contributed by atoms with van der Waals surface area (Å²) in [5, 5.41) is 0. The van der Waals surface area contributed by atoms with E-state index in [1.54, 1.807) is 35.6 Å². The molecule has 0 spiro atoms. The van der Waals surface area contributed by atoms with Crippen molar-refractivity contribution in [2.24, 2.45) is 5.73 Å². The molecule has 3 N–H and O–H groups in total. The third kappa shape index (κ3) is 4.14. The van der Waals surface area contributed by atoms with Crippen molar-refractivity contribution in [3.8, 4) is 0 Å². The zero-order valence-corrected chi connectivity index (χ0v) is 13.8. The van der Waals surface area contributed by atoms with Gasteiger partial charge in [0.25, 0.3) is 0 Å². The first-order chi connectivity index (χ1) is 9.92. The maximum atomic E-state index is 12.4. The van der Waals surface area contributed by atoms with Crippen LogP contribution in [0.5, 0.6) is 0 Å². The van der Waals surface area contributed by atoms with Gasteiger partial charge in [0.1, 0.15) is 0 Å². The number of hydrogen-bond donors (Lipinski definition) is 2.